The molecule has 8 atom stereocenters. The molecule has 0 spiro atoms. The molecule has 7 rings (SSSR count). The van der Waals surface area contributed by atoms with Crippen LogP contribution in [0.4, 0.5) is 9.93 Å². The largest absolute Gasteiger partial charge is 0.491 e. The molecule has 1 unspecified atom stereocenters. The van der Waals surface area contributed by atoms with Gasteiger partial charge in [-0.05, 0) is 68.4 Å². The maximum absolute atomic E-state index is 14.9. The summed E-state index contributed by atoms with van der Waals surface area (Å²) in [6, 6.07) is 3.35. The molecule has 4 fully saturated rings. The fourth-order valence-electron chi connectivity index (χ4n) is 9.12. The second-order valence-electron chi connectivity index (χ2n) is 19.4. The van der Waals surface area contributed by atoms with Gasteiger partial charge in [-0.15, -0.1) is 11.3 Å². The predicted molar refractivity (Wildman–Crippen MR) is 245 cm³/mol. The molecule has 0 radical (unpaired) electrons. The standard InChI is InChI=1S/C46H64ClN7O9S/c1-9-28-22-46(28,42(57)58)52-40(55)34-20-30(23-54(34)41(56)39(45(6,7)8)51-44(59)63-29-18-26(4)27(5)19-29)62-36-21-32(33-24-64-43(50-33)48-25(2)3)49-38-31(36)10-11-35(37(38)47)61-17-14-53-12-15-60-16-13-53/h10-11,21,24-30,34,39H,9,12-20,22-23H2,1-8H3,(H,48,50)(H,51,59)(H,52,55)(H,57,58)/t26-,27?,28-,29+,30-,34+,39-,46-/m1/s1. The summed E-state index contributed by atoms with van der Waals surface area (Å²) in [4.78, 5) is 68.7. The number of alkyl carbamates (subject to hydrolysis) is 1. The van der Waals surface area contributed by atoms with Gasteiger partial charge in [0, 0.05) is 48.9 Å². The number of carbonyl (C=O) groups excluding carboxylic acids is 3. The van der Waals surface area contributed by atoms with E-state index in [9.17, 15) is 24.3 Å². The Bertz CT molecular complexity index is 2190. The number of aliphatic carboxylic acids is 1. The number of nitrogens with zero attached hydrogens (tertiary/aromatic N) is 4. The maximum Gasteiger partial charge on any atom is 0.408 e. The van der Waals surface area contributed by atoms with E-state index >= 15 is 0 Å². The van der Waals surface area contributed by atoms with Gasteiger partial charge in [0.05, 0.1) is 31.0 Å². The van der Waals surface area contributed by atoms with E-state index in [2.05, 4.69) is 34.7 Å². The van der Waals surface area contributed by atoms with Crippen LogP contribution in [0.3, 0.4) is 0 Å². The summed E-state index contributed by atoms with van der Waals surface area (Å²) < 4.78 is 24.4. The SMILES string of the molecule is CC[C@@H]1C[C@]1(NC(=O)[C@@H]1C[C@@H](Oc2cc(-c3csc(NC(C)C)n3)nc3c(Cl)c(OCCN4CCOCC4)ccc23)CN1C(=O)[C@@H](NC(=O)O[C@@H]1CC(C)[C@H](C)C1)C(C)(C)C)C(=O)O. The summed E-state index contributed by atoms with van der Waals surface area (Å²) in [5, 5.41) is 22.7. The summed E-state index contributed by atoms with van der Waals surface area (Å²) in [5.74, 6) is -0.806. The van der Waals surface area contributed by atoms with Crippen LogP contribution in [0.25, 0.3) is 22.3 Å². The molecule has 4 aliphatic rings. The van der Waals surface area contributed by atoms with Crippen molar-refractivity contribution in [1.82, 2.24) is 30.4 Å². The van der Waals surface area contributed by atoms with Crippen molar-refractivity contribution < 1.29 is 43.2 Å². The second kappa shape index (κ2) is 19.6. The summed E-state index contributed by atoms with van der Waals surface area (Å²) in [6.07, 6.45) is 0.650. The van der Waals surface area contributed by atoms with Crippen molar-refractivity contribution in [2.24, 2.45) is 23.2 Å². The summed E-state index contributed by atoms with van der Waals surface area (Å²) in [6.45, 7) is 19.8. The number of fused-ring (bicyclic) bond motifs is 1. The minimum atomic E-state index is -1.42. The van der Waals surface area contributed by atoms with Crippen molar-refractivity contribution in [2.75, 3.05) is 51.3 Å². The van der Waals surface area contributed by atoms with E-state index in [1.165, 1.54) is 16.2 Å². The van der Waals surface area contributed by atoms with Crippen LogP contribution in [0.2, 0.25) is 5.02 Å². The van der Waals surface area contributed by atoms with Crippen LogP contribution in [-0.2, 0) is 23.9 Å². The summed E-state index contributed by atoms with van der Waals surface area (Å²) in [7, 11) is 0. The lowest BCUT2D eigenvalue weighted by Crippen LogP contribution is -2.59. The zero-order chi connectivity index (χ0) is 46.1. The van der Waals surface area contributed by atoms with E-state index in [0.29, 0.717) is 83.4 Å². The van der Waals surface area contributed by atoms with Crippen LogP contribution in [0.5, 0.6) is 11.5 Å². The number of amides is 3. The molecule has 1 aromatic carbocycles. The van der Waals surface area contributed by atoms with Gasteiger partial charge in [-0.2, -0.15) is 0 Å². The third-order valence-electron chi connectivity index (χ3n) is 13.2. The molecular weight excluding hydrogens is 862 g/mol. The molecule has 3 amide bonds. The van der Waals surface area contributed by atoms with Crippen molar-refractivity contribution in [3.63, 3.8) is 0 Å². The number of carbonyl (C=O) groups is 4. The molecule has 4 heterocycles. The molecule has 2 saturated heterocycles. The Morgan fingerprint density at radius 3 is 2.39 bits per heavy atom. The molecule has 2 aliphatic carbocycles. The van der Waals surface area contributed by atoms with Gasteiger partial charge in [0.1, 0.15) is 58.7 Å². The average Bonchev–Trinajstić information content (AvgIpc) is 3.47. The number of hydrogen-bond donors (Lipinski definition) is 4. The molecule has 64 heavy (non-hydrogen) atoms. The fraction of sp³-hybridized carbons (Fsp3) is 0.652. The Balaban J connectivity index is 1.20. The number of aromatic nitrogens is 2. The summed E-state index contributed by atoms with van der Waals surface area (Å²) in [5.41, 5.74) is -0.714. The molecule has 3 aromatic rings. The van der Waals surface area contributed by atoms with Crippen molar-refractivity contribution in [3.8, 4) is 22.9 Å². The highest BCUT2D eigenvalue weighted by Gasteiger charge is 2.61. The van der Waals surface area contributed by atoms with Crippen LogP contribution in [0, 0.1) is 23.2 Å². The molecular formula is C46H64ClN7O9S. The highest BCUT2D eigenvalue weighted by molar-refractivity contribution is 7.14. The first-order valence-electron chi connectivity index (χ1n) is 22.6. The Morgan fingerprint density at radius 2 is 1.75 bits per heavy atom. The first kappa shape index (κ1) is 47.5. The van der Waals surface area contributed by atoms with Crippen molar-refractivity contribution in [3.05, 3.63) is 28.6 Å². The number of halogens is 1. The van der Waals surface area contributed by atoms with Crippen LogP contribution in [-0.4, -0.2) is 131 Å². The molecule has 2 saturated carbocycles. The zero-order valence-electron chi connectivity index (χ0n) is 38.2. The Kier molecular flexibility index (Phi) is 14.5. The van der Waals surface area contributed by atoms with Gasteiger partial charge in [0.25, 0.3) is 0 Å². The third-order valence-corrected chi connectivity index (χ3v) is 14.3. The highest BCUT2D eigenvalue weighted by Crippen LogP contribution is 2.47. The van der Waals surface area contributed by atoms with Gasteiger partial charge in [-0.25, -0.2) is 19.6 Å². The topological polar surface area (TPSA) is 194 Å². The first-order valence-corrected chi connectivity index (χ1v) is 23.9. The number of anilines is 1. The normalized spacial score (nSPS) is 26.4. The van der Waals surface area contributed by atoms with E-state index in [0.717, 1.165) is 31.1 Å². The average molecular weight is 927 g/mol. The lowest BCUT2D eigenvalue weighted by Gasteiger charge is -2.35. The Labute approximate surface area is 384 Å². The number of likely N-dealkylation sites (tertiary alicyclic amines) is 1. The summed E-state index contributed by atoms with van der Waals surface area (Å²) >= 11 is 8.56. The number of ether oxygens (including phenoxy) is 4. The predicted octanol–water partition coefficient (Wildman–Crippen LogP) is 6.84. The van der Waals surface area contributed by atoms with Crippen LogP contribution in [0.1, 0.15) is 87.5 Å². The minimum absolute atomic E-state index is 0.0378. The lowest BCUT2D eigenvalue weighted by atomic mass is 9.85. The van der Waals surface area contributed by atoms with Crippen LogP contribution in [0.15, 0.2) is 23.6 Å². The zero-order valence-corrected chi connectivity index (χ0v) is 39.8. The molecule has 16 nitrogen and oxygen atoms in total. The van der Waals surface area contributed by atoms with E-state index in [1.807, 2.05) is 53.0 Å². The third kappa shape index (κ3) is 10.6. The number of hydrogen-bond acceptors (Lipinski definition) is 13. The number of nitrogens with one attached hydrogen (secondary N) is 3. The molecule has 2 aliphatic heterocycles. The molecule has 4 N–H and O–H groups in total. The van der Waals surface area contributed by atoms with Gasteiger partial charge < -0.3 is 44.9 Å². The van der Waals surface area contributed by atoms with Gasteiger partial charge >= 0.3 is 12.1 Å². The van der Waals surface area contributed by atoms with E-state index in [-0.39, 0.29) is 37.5 Å². The van der Waals surface area contributed by atoms with Crippen molar-refractivity contribution in [1.29, 1.82) is 0 Å². The highest BCUT2D eigenvalue weighted by atomic mass is 35.5. The Morgan fingerprint density at radius 1 is 1.03 bits per heavy atom. The van der Waals surface area contributed by atoms with Crippen LogP contribution < -0.4 is 25.4 Å². The van der Waals surface area contributed by atoms with Crippen molar-refractivity contribution in [2.45, 2.75) is 123 Å². The van der Waals surface area contributed by atoms with Gasteiger partial charge in [0.2, 0.25) is 11.8 Å². The van der Waals surface area contributed by atoms with Crippen LogP contribution >= 0.6 is 22.9 Å². The monoisotopic (exact) mass is 925 g/mol. The molecule has 2 aromatic heterocycles. The molecule has 350 valence electrons. The first-order chi connectivity index (χ1) is 30.4. The van der Waals surface area contributed by atoms with Crippen molar-refractivity contribution >= 4 is 62.8 Å². The number of rotatable bonds is 16. The van der Waals surface area contributed by atoms with E-state index < -0.39 is 53.0 Å². The number of carboxylic acids is 1. The van der Waals surface area contributed by atoms with Gasteiger partial charge in [0.15, 0.2) is 5.13 Å². The lowest BCUT2D eigenvalue weighted by molar-refractivity contribution is -0.146. The number of thiazole rings is 1. The van der Waals surface area contributed by atoms with E-state index in [4.69, 9.17) is 40.5 Å². The second-order valence-corrected chi connectivity index (χ2v) is 20.6. The number of carboxylic acid groups (broad SMARTS) is 1. The quantitative estimate of drug-likeness (QED) is 0.117. The smallest absolute Gasteiger partial charge is 0.408 e. The maximum atomic E-state index is 14.9. The Hall–Kier alpha value is -4.45. The number of pyridine rings is 1. The molecule has 0 bridgehead atoms. The van der Waals surface area contributed by atoms with Gasteiger partial charge in [-0.1, -0.05) is 59.6 Å². The number of benzene rings is 1. The fourth-order valence-corrected chi connectivity index (χ4v) is 10.2. The molecule has 18 heteroatoms. The van der Waals surface area contributed by atoms with E-state index in [1.54, 1.807) is 12.1 Å². The minimum Gasteiger partial charge on any atom is -0.491 e. The van der Waals surface area contributed by atoms with Gasteiger partial charge in [-0.3, -0.25) is 14.5 Å². The number of morpholine rings is 1.